The third-order valence-corrected chi connectivity index (χ3v) is 7.39. The van der Waals surface area contributed by atoms with Crippen molar-refractivity contribution in [3.63, 3.8) is 0 Å². The summed E-state index contributed by atoms with van der Waals surface area (Å²) in [4.78, 5) is 34.9. The van der Waals surface area contributed by atoms with Crippen LogP contribution in [0.1, 0.15) is 50.5 Å². The fourth-order valence-electron chi connectivity index (χ4n) is 5.21. The summed E-state index contributed by atoms with van der Waals surface area (Å²) >= 11 is 0. The second kappa shape index (κ2) is 11.2. The number of nitrogens with zero attached hydrogens (tertiary/aromatic N) is 4. The minimum atomic E-state index is 0.00645. The van der Waals surface area contributed by atoms with Gasteiger partial charge in [0, 0.05) is 77.3 Å². The van der Waals surface area contributed by atoms with Crippen LogP contribution in [0.2, 0.25) is 0 Å². The van der Waals surface area contributed by atoms with Crippen molar-refractivity contribution in [2.45, 2.75) is 57.4 Å². The minimum absolute atomic E-state index is 0.00645. The second-order valence-corrected chi connectivity index (χ2v) is 9.91. The summed E-state index contributed by atoms with van der Waals surface area (Å²) in [5, 5.41) is 3.14. The smallest absolute Gasteiger partial charge is 0.222 e. The maximum atomic E-state index is 12.1. The molecule has 33 heavy (non-hydrogen) atoms. The Bertz CT molecular complexity index is 814. The molecule has 1 saturated carbocycles. The molecule has 1 saturated heterocycles. The summed E-state index contributed by atoms with van der Waals surface area (Å²) < 4.78 is 5.84. The summed E-state index contributed by atoms with van der Waals surface area (Å²) in [7, 11) is 3.45. The molecule has 1 aromatic rings. The first-order valence-electron chi connectivity index (χ1n) is 12.6. The number of ether oxygens (including phenoxy) is 1. The van der Waals surface area contributed by atoms with Gasteiger partial charge in [0.25, 0.3) is 0 Å². The summed E-state index contributed by atoms with van der Waals surface area (Å²) in [6.45, 7) is 6.07. The molecule has 1 aromatic heterocycles. The van der Waals surface area contributed by atoms with E-state index in [9.17, 15) is 9.59 Å². The van der Waals surface area contributed by atoms with Crippen molar-refractivity contribution in [3.05, 3.63) is 17.8 Å². The third-order valence-electron chi connectivity index (χ3n) is 7.39. The van der Waals surface area contributed by atoms with Gasteiger partial charge in [-0.25, -0.2) is 4.98 Å². The molecule has 0 bridgehead atoms. The highest BCUT2D eigenvalue weighted by Gasteiger charge is 2.26. The van der Waals surface area contributed by atoms with Crippen molar-refractivity contribution in [3.8, 4) is 5.75 Å². The normalized spacial score (nSPS) is 23.0. The summed E-state index contributed by atoms with van der Waals surface area (Å²) in [6.07, 6.45) is 9.18. The van der Waals surface area contributed by atoms with E-state index in [2.05, 4.69) is 26.2 Å². The largest absolute Gasteiger partial charge is 0.489 e. The first kappa shape index (κ1) is 23.8. The zero-order valence-electron chi connectivity index (χ0n) is 20.2. The summed E-state index contributed by atoms with van der Waals surface area (Å²) in [6, 6.07) is 2.35. The van der Waals surface area contributed by atoms with Crippen molar-refractivity contribution in [2.75, 3.05) is 58.3 Å². The van der Waals surface area contributed by atoms with Gasteiger partial charge in [-0.05, 0) is 50.6 Å². The van der Waals surface area contributed by atoms with Crippen LogP contribution in [0.5, 0.6) is 5.75 Å². The predicted octanol–water partition coefficient (Wildman–Crippen LogP) is 2.07. The molecule has 4 rings (SSSR count). The molecule has 0 atom stereocenters. The zero-order valence-corrected chi connectivity index (χ0v) is 20.2. The Morgan fingerprint density at radius 1 is 1.12 bits per heavy atom. The van der Waals surface area contributed by atoms with Gasteiger partial charge in [0.15, 0.2) is 11.6 Å². The van der Waals surface area contributed by atoms with Gasteiger partial charge in [-0.15, -0.1) is 0 Å². The standard InChI is InChI=1S/C25H39N5O3/c1-28(2)23(32)8-7-22(31)27-21-5-3-19(4-6-21)10-13-29-14-16-30(17-15-29)25-24-20(9-12-26-25)11-18-33-24/h9,12,19,21H,3-8,10-11,13-18H2,1-2H3,(H,27,31)/t19-,21-. The Hall–Kier alpha value is -2.35. The molecule has 8 heteroatoms. The molecular formula is C25H39N5O3. The van der Waals surface area contributed by atoms with Crippen LogP contribution in [-0.2, 0) is 16.0 Å². The van der Waals surface area contributed by atoms with Gasteiger partial charge >= 0.3 is 0 Å². The number of amides is 2. The quantitative estimate of drug-likeness (QED) is 0.644. The van der Waals surface area contributed by atoms with E-state index in [4.69, 9.17) is 4.74 Å². The molecule has 1 N–H and O–H groups in total. The van der Waals surface area contributed by atoms with E-state index in [0.29, 0.717) is 0 Å². The molecule has 3 heterocycles. The topological polar surface area (TPSA) is 78.0 Å². The van der Waals surface area contributed by atoms with Crippen LogP contribution in [0.15, 0.2) is 12.3 Å². The molecule has 2 fully saturated rings. The average Bonchev–Trinajstić information content (AvgIpc) is 3.31. The van der Waals surface area contributed by atoms with Gasteiger partial charge in [-0.1, -0.05) is 0 Å². The van der Waals surface area contributed by atoms with Crippen molar-refractivity contribution < 1.29 is 14.3 Å². The van der Waals surface area contributed by atoms with E-state index in [-0.39, 0.29) is 30.7 Å². The van der Waals surface area contributed by atoms with Gasteiger partial charge in [0.1, 0.15) is 0 Å². The van der Waals surface area contributed by atoms with Crippen LogP contribution >= 0.6 is 0 Å². The third kappa shape index (κ3) is 6.37. The molecule has 8 nitrogen and oxygen atoms in total. The van der Waals surface area contributed by atoms with E-state index in [0.717, 1.165) is 76.1 Å². The maximum Gasteiger partial charge on any atom is 0.222 e. The molecule has 0 spiro atoms. The number of aromatic nitrogens is 1. The van der Waals surface area contributed by atoms with Gasteiger partial charge in [-0.2, -0.15) is 0 Å². The lowest BCUT2D eigenvalue weighted by atomic mass is 9.84. The van der Waals surface area contributed by atoms with Crippen molar-refractivity contribution in [1.82, 2.24) is 20.1 Å². The van der Waals surface area contributed by atoms with Gasteiger partial charge in [-0.3, -0.25) is 14.5 Å². The molecule has 182 valence electrons. The second-order valence-electron chi connectivity index (χ2n) is 9.91. The number of rotatable bonds is 8. The fraction of sp³-hybridized carbons (Fsp3) is 0.720. The number of anilines is 1. The molecule has 0 unspecified atom stereocenters. The lowest BCUT2D eigenvalue weighted by molar-refractivity contribution is -0.131. The Labute approximate surface area is 197 Å². The van der Waals surface area contributed by atoms with E-state index in [1.165, 1.54) is 29.7 Å². The molecule has 3 aliphatic rings. The number of pyridine rings is 1. The highest BCUT2D eigenvalue weighted by Crippen LogP contribution is 2.34. The van der Waals surface area contributed by atoms with E-state index >= 15 is 0 Å². The van der Waals surface area contributed by atoms with Crippen LogP contribution in [0, 0.1) is 5.92 Å². The fourth-order valence-corrected chi connectivity index (χ4v) is 5.21. The first-order valence-corrected chi connectivity index (χ1v) is 12.6. The van der Waals surface area contributed by atoms with Crippen LogP contribution in [0.4, 0.5) is 5.82 Å². The summed E-state index contributed by atoms with van der Waals surface area (Å²) in [5.74, 6) is 2.79. The van der Waals surface area contributed by atoms with Gasteiger partial charge in [0.2, 0.25) is 11.8 Å². The Morgan fingerprint density at radius 3 is 2.61 bits per heavy atom. The highest BCUT2D eigenvalue weighted by molar-refractivity contribution is 5.83. The maximum absolute atomic E-state index is 12.1. The van der Waals surface area contributed by atoms with Crippen LogP contribution in [0.3, 0.4) is 0 Å². The molecular weight excluding hydrogens is 418 g/mol. The van der Waals surface area contributed by atoms with Crippen molar-refractivity contribution >= 4 is 17.6 Å². The van der Waals surface area contributed by atoms with Crippen LogP contribution < -0.4 is 15.0 Å². The van der Waals surface area contributed by atoms with Crippen molar-refractivity contribution in [1.29, 1.82) is 0 Å². The SMILES string of the molecule is CN(C)C(=O)CCC(=O)N[C@H]1CC[C@H](CCN2CCN(c3nccc4c3OCC4)CC2)CC1. The van der Waals surface area contributed by atoms with Gasteiger partial charge < -0.3 is 19.9 Å². The average molecular weight is 458 g/mol. The lowest BCUT2D eigenvalue weighted by Gasteiger charge is -2.37. The number of piperazine rings is 1. The number of nitrogens with one attached hydrogen (secondary N) is 1. The molecule has 2 amide bonds. The zero-order chi connectivity index (χ0) is 23.2. The number of hydrogen-bond acceptors (Lipinski definition) is 6. The predicted molar refractivity (Wildman–Crippen MR) is 129 cm³/mol. The lowest BCUT2D eigenvalue weighted by Crippen LogP contribution is -2.47. The molecule has 0 radical (unpaired) electrons. The van der Waals surface area contributed by atoms with Gasteiger partial charge in [0.05, 0.1) is 6.61 Å². The number of carbonyl (C=O) groups is 2. The van der Waals surface area contributed by atoms with E-state index in [1.807, 2.05) is 6.20 Å². The molecule has 0 aromatic carbocycles. The number of fused-ring (bicyclic) bond motifs is 1. The Kier molecular flexibility index (Phi) is 8.06. The van der Waals surface area contributed by atoms with Crippen molar-refractivity contribution in [2.24, 2.45) is 5.92 Å². The Morgan fingerprint density at radius 2 is 1.88 bits per heavy atom. The monoisotopic (exact) mass is 457 g/mol. The van der Waals surface area contributed by atoms with Crippen LogP contribution in [-0.4, -0.2) is 86.1 Å². The highest BCUT2D eigenvalue weighted by atomic mass is 16.5. The van der Waals surface area contributed by atoms with Crippen LogP contribution in [0.25, 0.3) is 0 Å². The number of hydrogen-bond donors (Lipinski definition) is 1. The molecule has 2 aliphatic heterocycles. The summed E-state index contributed by atoms with van der Waals surface area (Å²) in [5.41, 5.74) is 1.29. The Balaban J connectivity index is 1.11. The van der Waals surface area contributed by atoms with E-state index in [1.54, 1.807) is 14.1 Å². The molecule has 1 aliphatic carbocycles. The minimum Gasteiger partial charge on any atom is -0.489 e. The first-order chi connectivity index (χ1) is 16.0. The van der Waals surface area contributed by atoms with E-state index < -0.39 is 0 Å². The number of carbonyl (C=O) groups excluding carboxylic acids is 2.